The first-order valence-corrected chi connectivity index (χ1v) is 7.11. The molecule has 1 N–H and O–H groups in total. The molecule has 18 heavy (non-hydrogen) atoms. The van der Waals surface area contributed by atoms with Gasteiger partial charge in [-0.15, -0.1) is 0 Å². The molecule has 0 heterocycles. The van der Waals surface area contributed by atoms with Crippen molar-refractivity contribution in [2.75, 3.05) is 17.3 Å². The number of anilines is 1. The highest BCUT2D eigenvalue weighted by molar-refractivity contribution is 7.84. The lowest BCUT2D eigenvalue weighted by atomic mass is 10.2. The summed E-state index contributed by atoms with van der Waals surface area (Å²) in [5.41, 5.74) is -0.282. The van der Waals surface area contributed by atoms with Crippen molar-refractivity contribution in [3.8, 4) is 0 Å². The van der Waals surface area contributed by atoms with E-state index in [0.717, 1.165) is 12.1 Å². The molecule has 0 saturated carbocycles. The largest absolute Gasteiger partial charge is 0.376 e. The number of hydrogen-bond acceptors (Lipinski definition) is 4. The summed E-state index contributed by atoms with van der Waals surface area (Å²) < 4.78 is 24.2. The normalized spacial score (nSPS) is 14.0. The van der Waals surface area contributed by atoms with Crippen LogP contribution in [-0.2, 0) is 10.8 Å². The van der Waals surface area contributed by atoms with Gasteiger partial charge in [-0.05, 0) is 13.0 Å². The van der Waals surface area contributed by atoms with Crippen molar-refractivity contribution in [2.24, 2.45) is 0 Å². The van der Waals surface area contributed by atoms with Crippen LogP contribution in [0.2, 0.25) is 5.02 Å². The second-order valence-electron chi connectivity index (χ2n) is 3.83. The number of halogens is 2. The molecule has 1 aromatic carbocycles. The van der Waals surface area contributed by atoms with Crippen LogP contribution in [0.5, 0.6) is 0 Å². The fourth-order valence-corrected chi connectivity index (χ4v) is 2.41. The molecule has 0 aliphatic carbocycles. The van der Waals surface area contributed by atoms with E-state index in [-0.39, 0.29) is 16.8 Å². The molecule has 0 radical (unpaired) electrons. The summed E-state index contributed by atoms with van der Waals surface area (Å²) in [5, 5.41) is 13.4. The lowest BCUT2D eigenvalue weighted by Crippen LogP contribution is -2.22. The minimum Gasteiger partial charge on any atom is -0.376 e. The number of nitro benzene ring substituents is 1. The van der Waals surface area contributed by atoms with Crippen LogP contribution in [0.4, 0.5) is 15.8 Å². The third-order valence-electron chi connectivity index (χ3n) is 2.12. The van der Waals surface area contributed by atoms with Gasteiger partial charge in [-0.1, -0.05) is 11.6 Å². The van der Waals surface area contributed by atoms with E-state index in [1.54, 1.807) is 6.92 Å². The van der Waals surface area contributed by atoms with Crippen LogP contribution in [0.15, 0.2) is 12.1 Å². The molecule has 8 heteroatoms. The second kappa shape index (κ2) is 6.10. The Kier molecular flexibility index (Phi) is 5.03. The highest BCUT2D eigenvalue weighted by Gasteiger charge is 2.19. The van der Waals surface area contributed by atoms with Gasteiger partial charge in [-0.25, -0.2) is 4.39 Å². The monoisotopic (exact) mass is 294 g/mol. The maximum Gasteiger partial charge on any atom is 0.295 e. The molecule has 0 aromatic heterocycles. The minimum atomic E-state index is -1.04. The van der Waals surface area contributed by atoms with Crippen molar-refractivity contribution in [3.05, 3.63) is 33.1 Å². The van der Waals surface area contributed by atoms with Crippen molar-refractivity contribution in [1.82, 2.24) is 0 Å². The van der Waals surface area contributed by atoms with Crippen molar-refractivity contribution >= 4 is 33.8 Å². The van der Waals surface area contributed by atoms with E-state index >= 15 is 0 Å². The molecule has 2 atom stereocenters. The predicted molar refractivity (Wildman–Crippen MR) is 70.1 cm³/mol. The molecule has 0 fully saturated rings. The number of nitro groups is 1. The maximum absolute atomic E-state index is 13.2. The lowest BCUT2D eigenvalue weighted by Gasteiger charge is -2.14. The van der Waals surface area contributed by atoms with Crippen LogP contribution in [0.1, 0.15) is 6.92 Å². The highest BCUT2D eigenvalue weighted by Crippen LogP contribution is 2.30. The van der Waals surface area contributed by atoms with Crippen LogP contribution in [-0.4, -0.2) is 27.2 Å². The Morgan fingerprint density at radius 3 is 2.72 bits per heavy atom. The first-order chi connectivity index (χ1) is 8.31. The molecular formula is C10H12ClFN2O3S. The molecule has 100 valence electrons. The lowest BCUT2D eigenvalue weighted by molar-refractivity contribution is -0.384. The summed E-state index contributed by atoms with van der Waals surface area (Å²) >= 11 is 5.58. The fraction of sp³-hybridized carbons (Fsp3) is 0.400. The number of nitrogens with one attached hydrogen (secondary N) is 1. The average Bonchev–Trinajstić information content (AvgIpc) is 2.21. The molecule has 2 unspecified atom stereocenters. The summed E-state index contributed by atoms with van der Waals surface area (Å²) in [6.07, 6.45) is 1.53. The summed E-state index contributed by atoms with van der Waals surface area (Å²) in [5.74, 6) is -0.521. The molecule has 1 aromatic rings. The smallest absolute Gasteiger partial charge is 0.295 e. The van der Waals surface area contributed by atoms with Gasteiger partial charge in [0.25, 0.3) is 5.69 Å². The van der Waals surface area contributed by atoms with Crippen molar-refractivity contribution in [1.29, 1.82) is 0 Å². The van der Waals surface area contributed by atoms with Crippen LogP contribution < -0.4 is 5.32 Å². The molecular weight excluding hydrogens is 283 g/mol. The zero-order valence-corrected chi connectivity index (χ0v) is 11.3. The van der Waals surface area contributed by atoms with E-state index in [1.165, 1.54) is 6.26 Å². The molecule has 0 aliphatic rings. The summed E-state index contributed by atoms with van der Waals surface area (Å²) in [6.45, 7) is 1.72. The quantitative estimate of drug-likeness (QED) is 0.669. The predicted octanol–water partition coefficient (Wildman–Crippen LogP) is 2.57. The molecule has 5 nitrogen and oxygen atoms in total. The Labute approximate surface area is 111 Å². The minimum absolute atomic E-state index is 0.115. The molecule has 0 aliphatic heterocycles. The SMILES string of the molecule is CC(CS(C)=O)Nc1cc(Cl)c(F)cc1[N+](=O)[O-]. The van der Waals surface area contributed by atoms with Gasteiger partial charge >= 0.3 is 0 Å². The van der Waals surface area contributed by atoms with Gasteiger partial charge in [0.1, 0.15) is 11.5 Å². The third kappa shape index (κ3) is 3.92. The Morgan fingerprint density at radius 2 is 2.22 bits per heavy atom. The van der Waals surface area contributed by atoms with E-state index in [0.29, 0.717) is 5.75 Å². The Morgan fingerprint density at radius 1 is 1.61 bits per heavy atom. The third-order valence-corrected chi connectivity index (χ3v) is 3.38. The highest BCUT2D eigenvalue weighted by atomic mass is 35.5. The van der Waals surface area contributed by atoms with Crippen LogP contribution >= 0.6 is 11.6 Å². The molecule has 1 rings (SSSR count). The van der Waals surface area contributed by atoms with Crippen molar-refractivity contribution in [3.63, 3.8) is 0 Å². The fourth-order valence-electron chi connectivity index (χ4n) is 1.46. The van der Waals surface area contributed by atoms with Crippen LogP contribution in [0.3, 0.4) is 0 Å². The van der Waals surface area contributed by atoms with E-state index in [1.807, 2.05) is 0 Å². The molecule has 0 amide bonds. The van der Waals surface area contributed by atoms with E-state index in [2.05, 4.69) is 5.32 Å². The van der Waals surface area contributed by atoms with Gasteiger partial charge in [-0.2, -0.15) is 0 Å². The first kappa shape index (κ1) is 14.8. The van der Waals surface area contributed by atoms with Gasteiger partial charge in [0.15, 0.2) is 0 Å². The molecule has 0 bridgehead atoms. The second-order valence-corrected chi connectivity index (χ2v) is 5.71. The van der Waals surface area contributed by atoms with Gasteiger partial charge in [0.2, 0.25) is 0 Å². The average molecular weight is 295 g/mol. The van der Waals surface area contributed by atoms with E-state index < -0.39 is 27.2 Å². The van der Waals surface area contributed by atoms with Gasteiger partial charge in [0.05, 0.1) is 16.0 Å². The van der Waals surface area contributed by atoms with E-state index in [4.69, 9.17) is 11.6 Å². The zero-order chi connectivity index (χ0) is 13.9. The summed E-state index contributed by atoms with van der Waals surface area (Å²) in [7, 11) is -1.04. The summed E-state index contributed by atoms with van der Waals surface area (Å²) in [6, 6.07) is 1.67. The number of benzene rings is 1. The summed E-state index contributed by atoms with van der Waals surface area (Å²) in [4.78, 5) is 10.1. The standard InChI is InChI=1S/C10H12ClFN2O3S/c1-6(5-18(2)17)13-9-3-7(11)8(12)4-10(9)14(15)16/h3-4,6,13H,5H2,1-2H3. The van der Waals surface area contributed by atoms with Gasteiger partial charge in [0, 0.05) is 28.9 Å². The van der Waals surface area contributed by atoms with Gasteiger partial charge < -0.3 is 5.32 Å². The number of rotatable bonds is 5. The van der Waals surface area contributed by atoms with Crippen LogP contribution in [0, 0.1) is 15.9 Å². The first-order valence-electron chi connectivity index (χ1n) is 5.01. The molecule has 0 saturated heterocycles. The van der Waals surface area contributed by atoms with Crippen molar-refractivity contribution < 1.29 is 13.5 Å². The maximum atomic E-state index is 13.2. The van der Waals surface area contributed by atoms with E-state index in [9.17, 15) is 18.7 Å². The number of hydrogen-bond donors (Lipinski definition) is 1. The number of nitrogens with zero attached hydrogens (tertiary/aromatic N) is 1. The Hall–Kier alpha value is -1.21. The Bertz CT molecular complexity index is 498. The van der Waals surface area contributed by atoms with Crippen molar-refractivity contribution in [2.45, 2.75) is 13.0 Å². The zero-order valence-electron chi connectivity index (χ0n) is 9.78. The van der Waals surface area contributed by atoms with Crippen LogP contribution in [0.25, 0.3) is 0 Å². The Balaban J connectivity index is 3.03. The molecule has 0 spiro atoms. The van der Waals surface area contributed by atoms with Gasteiger partial charge in [-0.3, -0.25) is 14.3 Å². The topological polar surface area (TPSA) is 72.2 Å².